The fourth-order valence-corrected chi connectivity index (χ4v) is 4.15. The van der Waals surface area contributed by atoms with Crippen LogP contribution < -0.4 is 14.2 Å². The smallest absolute Gasteiger partial charge is 0.507 e. The van der Waals surface area contributed by atoms with Crippen molar-refractivity contribution in [3.05, 3.63) is 35.4 Å². The van der Waals surface area contributed by atoms with Crippen LogP contribution in [0.3, 0.4) is 0 Å². The lowest BCUT2D eigenvalue weighted by atomic mass is 9.81. The van der Waals surface area contributed by atoms with Gasteiger partial charge >= 0.3 is 6.16 Å². The van der Waals surface area contributed by atoms with E-state index in [4.69, 9.17) is 18.9 Å². The van der Waals surface area contributed by atoms with Crippen molar-refractivity contribution in [2.24, 2.45) is 5.41 Å². The molecule has 2 rings (SSSR count). The van der Waals surface area contributed by atoms with Gasteiger partial charge in [0, 0.05) is 22.3 Å². The number of carbonyl (C=O) groups excluding carboxylic acids is 1. The van der Waals surface area contributed by atoms with Gasteiger partial charge in [-0.2, -0.15) is 0 Å². The Labute approximate surface area is 229 Å². The Bertz CT molecular complexity index is 1140. The van der Waals surface area contributed by atoms with E-state index in [1.807, 2.05) is 67.5 Å². The second-order valence-corrected chi connectivity index (χ2v) is 13.9. The van der Waals surface area contributed by atoms with E-state index in [-0.39, 0.29) is 16.6 Å². The lowest BCUT2D eigenvalue weighted by Crippen LogP contribution is -2.31. The second-order valence-electron chi connectivity index (χ2n) is 13.9. The van der Waals surface area contributed by atoms with Crippen molar-refractivity contribution in [2.45, 2.75) is 105 Å². The van der Waals surface area contributed by atoms with Crippen LogP contribution in [0.25, 0.3) is 11.1 Å². The summed E-state index contributed by atoms with van der Waals surface area (Å²) < 4.78 is 23.0. The number of hydrogen-bond donors (Lipinski definition) is 1. The minimum absolute atomic E-state index is 0.0927. The second kappa shape index (κ2) is 11.1. The molecule has 0 saturated heterocycles. The lowest BCUT2D eigenvalue weighted by Gasteiger charge is -2.30. The van der Waals surface area contributed by atoms with Crippen molar-refractivity contribution in [2.75, 3.05) is 14.2 Å². The summed E-state index contributed by atoms with van der Waals surface area (Å²) in [5, 5.41) is 11.5. The van der Waals surface area contributed by atoms with E-state index in [0.29, 0.717) is 40.4 Å². The van der Waals surface area contributed by atoms with E-state index >= 15 is 0 Å². The minimum atomic E-state index is -0.792. The zero-order chi connectivity index (χ0) is 29.3. The number of hydrogen-bond acceptors (Lipinski definition) is 6. The van der Waals surface area contributed by atoms with Crippen molar-refractivity contribution in [3.8, 4) is 34.1 Å². The number of benzene rings is 2. The van der Waals surface area contributed by atoms with Crippen LogP contribution >= 0.6 is 0 Å². The van der Waals surface area contributed by atoms with Gasteiger partial charge in [-0.05, 0) is 67.2 Å². The first kappa shape index (κ1) is 31.3. The van der Waals surface area contributed by atoms with Crippen LogP contribution in [-0.4, -0.2) is 31.1 Å². The molecule has 0 spiro atoms. The molecule has 0 heterocycles. The number of methoxy groups -OCH3 is 2. The Morgan fingerprint density at radius 1 is 0.711 bits per heavy atom. The molecule has 0 saturated carbocycles. The molecular formula is C32H48O6. The van der Waals surface area contributed by atoms with Crippen LogP contribution in [0.4, 0.5) is 4.79 Å². The molecular weight excluding hydrogens is 480 g/mol. The fourth-order valence-electron chi connectivity index (χ4n) is 4.15. The van der Waals surface area contributed by atoms with Gasteiger partial charge in [0.05, 0.1) is 14.2 Å². The zero-order valence-corrected chi connectivity index (χ0v) is 25.7. The summed E-state index contributed by atoms with van der Waals surface area (Å²) in [4.78, 5) is 13.2. The third-order valence-corrected chi connectivity index (χ3v) is 6.55. The largest absolute Gasteiger partial charge is 0.514 e. The van der Waals surface area contributed by atoms with Gasteiger partial charge in [-0.1, -0.05) is 62.3 Å². The fraction of sp³-hybridized carbons (Fsp3) is 0.594. The van der Waals surface area contributed by atoms with E-state index in [9.17, 15) is 9.90 Å². The van der Waals surface area contributed by atoms with Gasteiger partial charge in [0.1, 0.15) is 28.6 Å². The molecule has 0 unspecified atom stereocenters. The molecule has 38 heavy (non-hydrogen) atoms. The van der Waals surface area contributed by atoms with E-state index < -0.39 is 17.2 Å². The van der Waals surface area contributed by atoms with Gasteiger partial charge < -0.3 is 24.1 Å². The third-order valence-electron chi connectivity index (χ3n) is 6.55. The molecule has 0 aliphatic rings. The van der Waals surface area contributed by atoms with E-state index in [0.717, 1.165) is 12.0 Å². The van der Waals surface area contributed by atoms with Gasteiger partial charge in [-0.25, -0.2) is 4.79 Å². The predicted molar refractivity (Wildman–Crippen MR) is 154 cm³/mol. The summed E-state index contributed by atoms with van der Waals surface area (Å²) in [6, 6.07) is 7.20. The van der Waals surface area contributed by atoms with Crippen LogP contribution in [0.1, 0.15) is 100 Å². The van der Waals surface area contributed by atoms with Crippen LogP contribution in [0.2, 0.25) is 0 Å². The molecule has 2 aromatic rings. The maximum absolute atomic E-state index is 13.2. The highest BCUT2D eigenvalue weighted by atomic mass is 16.7. The average Bonchev–Trinajstić information content (AvgIpc) is 2.75. The standard InChI is InChI=1S/C32H48O6/c1-29(2,3)14-15-32(10,11)38-28(34)37-27-23(17-21(36-13)19-25(27)31(7,8)9)22-16-20(35-12)18-24(26(22)33)30(4,5)6/h16-19,33H,14-15H2,1-13H3. The summed E-state index contributed by atoms with van der Waals surface area (Å²) in [5.41, 5.74) is 1.07. The zero-order valence-electron chi connectivity index (χ0n) is 25.7. The summed E-state index contributed by atoms with van der Waals surface area (Å²) in [7, 11) is 3.17. The number of phenolic OH excluding ortho intramolecular Hbond substituents is 1. The molecule has 1 N–H and O–H groups in total. The molecule has 2 aromatic carbocycles. The van der Waals surface area contributed by atoms with Gasteiger partial charge in [-0.15, -0.1) is 0 Å². The minimum Gasteiger partial charge on any atom is -0.507 e. The van der Waals surface area contributed by atoms with Crippen molar-refractivity contribution in [1.29, 1.82) is 0 Å². The Hall–Kier alpha value is -2.89. The SMILES string of the molecule is COc1cc(-c2cc(OC)cc(C(C)(C)C)c2OC(=O)OC(C)(C)CCC(C)(C)C)c(O)c(C(C)(C)C)c1. The average molecular weight is 529 g/mol. The topological polar surface area (TPSA) is 74.2 Å². The first-order valence-electron chi connectivity index (χ1n) is 13.2. The molecule has 0 fully saturated rings. The van der Waals surface area contributed by atoms with Crippen molar-refractivity contribution in [3.63, 3.8) is 0 Å². The first-order chi connectivity index (χ1) is 17.2. The highest BCUT2D eigenvalue weighted by Gasteiger charge is 2.32. The van der Waals surface area contributed by atoms with Gasteiger partial charge in [0.15, 0.2) is 0 Å². The first-order valence-corrected chi connectivity index (χ1v) is 13.2. The van der Waals surface area contributed by atoms with Gasteiger partial charge in [0.2, 0.25) is 0 Å². The molecule has 0 bridgehead atoms. The summed E-state index contributed by atoms with van der Waals surface area (Å²) in [6.45, 7) is 22.4. The van der Waals surface area contributed by atoms with Crippen LogP contribution in [-0.2, 0) is 15.6 Å². The van der Waals surface area contributed by atoms with Crippen molar-refractivity contribution < 1.29 is 28.8 Å². The monoisotopic (exact) mass is 528 g/mol. The van der Waals surface area contributed by atoms with E-state index in [2.05, 4.69) is 20.8 Å². The van der Waals surface area contributed by atoms with Crippen LogP contribution in [0.15, 0.2) is 24.3 Å². The number of aromatic hydroxyl groups is 1. The quantitative estimate of drug-likeness (QED) is 0.286. The molecule has 0 aliphatic heterocycles. The summed E-state index contributed by atoms with van der Waals surface area (Å²) in [5.74, 6) is 1.57. The Morgan fingerprint density at radius 2 is 1.18 bits per heavy atom. The predicted octanol–water partition coefficient (Wildman–Crippen LogP) is 8.79. The molecule has 0 atom stereocenters. The number of phenols is 1. The molecule has 6 nitrogen and oxygen atoms in total. The third kappa shape index (κ3) is 8.05. The molecule has 0 aliphatic carbocycles. The molecule has 6 heteroatoms. The van der Waals surface area contributed by atoms with Gasteiger partial charge in [-0.3, -0.25) is 0 Å². The van der Waals surface area contributed by atoms with Crippen molar-refractivity contribution >= 4 is 6.16 Å². The van der Waals surface area contributed by atoms with Crippen LogP contribution in [0.5, 0.6) is 23.0 Å². The normalized spacial score (nSPS) is 12.8. The molecule has 0 aromatic heterocycles. The lowest BCUT2D eigenvalue weighted by molar-refractivity contribution is -0.00196. The number of rotatable bonds is 7. The maximum Gasteiger partial charge on any atom is 0.514 e. The Morgan fingerprint density at radius 3 is 1.63 bits per heavy atom. The molecule has 0 radical (unpaired) electrons. The Kier molecular flexibility index (Phi) is 9.13. The molecule has 0 amide bonds. The van der Waals surface area contributed by atoms with Crippen molar-refractivity contribution in [1.82, 2.24) is 0 Å². The van der Waals surface area contributed by atoms with E-state index in [1.54, 1.807) is 26.4 Å². The highest BCUT2D eigenvalue weighted by molar-refractivity contribution is 5.83. The maximum atomic E-state index is 13.2. The molecule has 212 valence electrons. The summed E-state index contributed by atoms with van der Waals surface area (Å²) in [6.07, 6.45) is 0.791. The Balaban J connectivity index is 2.73. The number of ether oxygens (including phenoxy) is 4. The number of carbonyl (C=O) groups is 1. The van der Waals surface area contributed by atoms with Crippen LogP contribution in [0, 0.1) is 5.41 Å². The van der Waals surface area contributed by atoms with Gasteiger partial charge in [0.25, 0.3) is 0 Å². The summed E-state index contributed by atoms with van der Waals surface area (Å²) >= 11 is 0. The highest BCUT2D eigenvalue weighted by Crippen LogP contribution is 2.48. The van der Waals surface area contributed by atoms with E-state index in [1.165, 1.54) is 0 Å².